The second-order valence-electron chi connectivity index (χ2n) is 6.67. The average molecular weight is 401 g/mol. The molecule has 0 bridgehead atoms. The van der Waals surface area contributed by atoms with Gasteiger partial charge in [0.05, 0.1) is 18.5 Å². The number of fused-ring (bicyclic) bond motifs is 1. The van der Waals surface area contributed by atoms with Gasteiger partial charge in [-0.1, -0.05) is 25.1 Å². The van der Waals surface area contributed by atoms with E-state index < -0.39 is 10.0 Å². The van der Waals surface area contributed by atoms with Crippen molar-refractivity contribution in [3.05, 3.63) is 59.2 Å². The van der Waals surface area contributed by atoms with Gasteiger partial charge in [0.2, 0.25) is 15.9 Å². The number of aryl methyl sites for hydroxylation is 1. The number of sulfonamides is 1. The summed E-state index contributed by atoms with van der Waals surface area (Å²) in [5, 5.41) is 5.41. The van der Waals surface area contributed by atoms with Crippen LogP contribution in [0, 0.1) is 0 Å². The van der Waals surface area contributed by atoms with E-state index in [0.717, 1.165) is 29.5 Å². The number of nitrogens with zero attached hydrogens (tertiary/aromatic N) is 1. The van der Waals surface area contributed by atoms with E-state index in [2.05, 4.69) is 10.6 Å². The van der Waals surface area contributed by atoms with Gasteiger partial charge in [-0.05, 0) is 48.2 Å². The number of hydrogen-bond donors (Lipinski definition) is 2. The molecule has 8 heteroatoms. The Bertz CT molecular complexity index is 1020. The fourth-order valence-corrected chi connectivity index (χ4v) is 4.22. The largest absolute Gasteiger partial charge is 0.343 e. The van der Waals surface area contributed by atoms with Crippen LogP contribution in [0.1, 0.15) is 28.4 Å². The Morgan fingerprint density at radius 2 is 1.89 bits per heavy atom. The molecule has 0 spiro atoms. The minimum Gasteiger partial charge on any atom is -0.343 e. The molecule has 2 aromatic carbocycles. The van der Waals surface area contributed by atoms with Gasteiger partial charge in [0.1, 0.15) is 0 Å². The summed E-state index contributed by atoms with van der Waals surface area (Å²) in [5.74, 6) is -0.682. The highest BCUT2D eigenvalue weighted by molar-refractivity contribution is 7.92. The smallest absolute Gasteiger partial charge is 0.251 e. The third-order valence-electron chi connectivity index (χ3n) is 4.68. The second-order valence-corrected chi connectivity index (χ2v) is 8.58. The number of carbonyl (C=O) groups is 2. The molecule has 148 valence electrons. The zero-order chi connectivity index (χ0) is 20.3. The number of anilines is 2. The Kier molecular flexibility index (Phi) is 5.69. The molecule has 0 unspecified atom stereocenters. The van der Waals surface area contributed by atoms with Crippen LogP contribution in [-0.2, 0) is 27.7 Å². The molecule has 1 aliphatic rings. The van der Waals surface area contributed by atoms with E-state index in [1.807, 2.05) is 31.2 Å². The molecule has 0 radical (unpaired) electrons. The monoisotopic (exact) mass is 401 g/mol. The minimum absolute atomic E-state index is 0.149. The first-order chi connectivity index (χ1) is 13.3. The fourth-order valence-electron chi connectivity index (χ4n) is 3.26. The Hall–Kier alpha value is -2.87. The van der Waals surface area contributed by atoms with Crippen LogP contribution < -0.4 is 14.9 Å². The van der Waals surface area contributed by atoms with Gasteiger partial charge in [-0.25, -0.2) is 8.42 Å². The number of benzene rings is 2. The first kappa shape index (κ1) is 19.9. The maximum atomic E-state index is 12.4. The molecule has 1 heterocycles. The Balaban J connectivity index is 1.62. The van der Waals surface area contributed by atoms with Gasteiger partial charge in [0.15, 0.2) is 0 Å². The molecule has 0 atom stereocenters. The Morgan fingerprint density at radius 1 is 1.14 bits per heavy atom. The molecule has 2 amide bonds. The topological polar surface area (TPSA) is 95.6 Å². The van der Waals surface area contributed by atoms with Crippen LogP contribution in [0.2, 0.25) is 0 Å². The lowest BCUT2D eigenvalue weighted by atomic mass is 10.1. The summed E-state index contributed by atoms with van der Waals surface area (Å²) in [4.78, 5) is 24.5. The number of nitrogens with one attached hydrogen (secondary N) is 2. The molecule has 0 aliphatic carbocycles. The van der Waals surface area contributed by atoms with Crippen molar-refractivity contribution in [2.45, 2.75) is 19.8 Å². The number of rotatable bonds is 6. The van der Waals surface area contributed by atoms with Gasteiger partial charge in [-0.15, -0.1) is 0 Å². The average Bonchev–Trinajstić information content (AvgIpc) is 3.10. The highest BCUT2D eigenvalue weighted by atomic mass is 32.2. The van der Waals surface area contributed by atoms with Gasteiger partial charge in [-0.3, -0.25) is 13.9 Å². The maximum Gasteiger partial charge on any atom is 0.251 e. The zero-order valence-electron chi connectivity index (χ0n) is 15.9. The van der Waals surface area contributed by atoms with Gasteiger partial charge >= 0.3 is 0 Å². The van der Waals surface area contributed by atoms with E-state index in [0.29, 0.717) is 24.2 Å². The minimum atomic E-state index is -3.33. The van der Waals surface area contributed by atoms with Crippen LogP contribution in [-0.4, -0.2) is 39.6 Å². The number of hydrogen-bond acceptors (Lipinski definition) is 4. The molecular weight excluding hydrogens is 378 g/mol. The van der Waals surface area contributed by atoms with Crippen molar-refractivity contribution in [1.29, 1.82) is 0 Å². The molecule has 0 saturated carbocycles. The molecule has 28 heavy (non-hydrogen) atoms. The summed E-state index contributed by atoms with van der Waals surface area (Å²) in [6.07, 6.45) is 2.51. The maximum absolute atomic E-state index is 12.4. The molecule has 0 fully saturated rings. The van der Waals surface area contributed by atoms with E-state index >= 15 is 0 Å². The van der Waals surface area contributed by atoms with Crippen LogP contribution >= 0.6 is 0 Å². The fraction of sp³-hybridized carbons (Fsp3) is 0.300. The molecule has 3 rings (SSSR count). The molecule has 2 aromatic rings. The van der Waals surface area contributed by atoms with Crippen molar-refractivity contribution in [1.82, 2.24) is 5.32 Å². The molecule has 1 aliphatic heterocycles. The molecule has 2 N–H and O–H groups in total. The highest BCUT2D eigenvalue weighted by Gasteiger charge is 2.26. The predicted molar refractivity (Wildman–Crippen MR) is 109 cm³/mol. The lowest BCUT2D eigenvalue weighted by Gasteiger charge is -2.16. The van der Waals surface area contributed by atoms with Crippen molar-refractivity contribution in [2.24, 2.45) is 0 Å². The zero-order valence-corrected chi connectivity index (χ0v) is 16.7. The summed E-state index contributed by atoms with van der Waals surface area (Å²) in [7, 11) is -3.33. The normalized spacial score (nSPS) is 13.1. The van der Waals surface area contributed by atoms with E-state index in [4.69, 9.17) is 0 Å². The quantitative estimate of drug-likeness (QED) is 0.773. The summed E-state index contributed by atoms with van der Waals surface area (Å²) >= 11 is 0. The van der Waals surface area contributed by atoms with Gasteiger partial charge in [0, 0.05) is 17.8 Å². The second kappa shape index (κ2) is 8.02. The van der Waals surface area contributed by atoms with Crippen molar-refractivity contribution in [3.63, 3.8) is 0 Å². The Labute approximate surface area is 164 Å². The van der Waals surface area contributed by atoms with E-state index in [1.54, 1.807) is 18.2 Å². The van der Waals surface area contributed by atoms with E-state index in [1.165, 1.54) is 4.31 Å². The van der Waals surface area contributed by atoms with Crippen LogP contribution in [0.5, 0.6) is 0 Å². The van der Waals surface area contributed by atoms with Crippen LogP contribution in [0.25, 0.3) is 0 Å². The van der Waals surface area contributed by atoms with Crippen LogP contribution in [0.3, 0.4) is 0 Å². The van der Waals surface area contributed by atoms with E-state index in [-0.39, 0.29) is 18.4 Å². The lowest BCUT2D eigenvalue weighted by molar-refractivity contribution is -0.115. The summed E-state index contributed by atoms with van der Waals surface area (Å²) in [5.41, 5.74) is 3.57. The standard InChI is InChI=1S/C20H23N3O4S/c1-3-14-6-4-5-7-17(14)22-19(24)13-21-20(25)16-8-9-18-15(12-16)10-11-23(18)28(2,26)27/h4-9,12H,3,10-11,13H2,1-2H3,(H,21,25)(H,22,24). The molecular formula is C20H23N3O4S. The number of para-hydroxylation sites is 1. The van der Waals surface area contributed by atoms with Gasteiger partial charge in [0.25, 0.3) is 5.91 Å². The Morgan fingerprint density at radius 3 is 2.61 bits per heavy atom. The molecule has 0 aromatic heterocycles. The third kappa shape index (κ3) is 4.33. The lowest BCUT2D eigenvalue weighted by Crippen LogP contribution is -2.33. The highest BCUT2D eigenvalue weighted by Crippen LogP contribution is 2.30. The van der Waals surface area contributed by atoms with Crippen molar-refractivity contribution >= 4 is 33.2 Å². The van der Waals surface area contributed by atoms with Crippen molar-refractivity contribution < 1.29 is 18.0 Å². The first-order valence-electron chi connectivity index (χ1n) is 9.06. The SMILES string of the molecule is CCc1ccccc1NC(=O)CNC(=O)c1ccc2c(c1)CCN2S(C)(=O)=O. The summed E-state index contributed by atoms with van der Waals surface area (Å²) in [6, 6.07) is 12.4. The van der Waals surface area contributed by atoms with Crippen LogP contribution in [0.15, 0.2) is 42.5 Å². The summed E-state index contributed by atoms with van der Waals surface area (Å²) in [6.45, 7) is 2.23. The van der Waals surface area contributed by atoms with Crippen molar-refractivity contribution in [2.75, 3.05) is 29.0 Å². The third-order valence-corrected chi connectivity index (χ3v) is 5.86. The van der Waals surface area contributed by atoms with E-state index in [9.17, 15) is 18.0 Å². The van der Waals surface area contributed by atoms with Gasteiger partial charge < -0.3 is 10.6 Å². The molecule has 7 nitrogen and oxygen atoms in total. The van der Waals surface area contributed by atoms with Gasteiger partial charge in [-0.2, -0.15) is 0 Å². The number of carbonyl (C=O) groups excluding carboxylic acids is 2. The van der Waals surface area contributed by atoms with Crippen molar-refractivity contribution in [3.8, 4) is 0 Å². The first-order valence-corrected chi connectivity index (χ1v) is 10.9. The predicted octanol–water partition coefficient (Wildman–Crippen LogP) is 1.94. The summed E-state index contributed by atoms with van der Waals surface area (Å²) < 4.78 is 24.9. The van der Waals surface area contributed by atoms with Crippen LogP contribution in [0.4, 0.5) is 11.4 Å². The molecule has 0 saturated heterocycles. The number of amides is 2.